The fraction of sp³-hybridized carbons (Fsp3) is 0.481. The number of nitrogens with one attached hydrogen (secondary N) is 2. The van der Waals surface area contributed by atoms with Crippen LogP contribution in [0, 0.1) is 41.5 Å². The maximum absolute atomic E-state index is 13.1. The van der Waals surface area contributed by atoms with Crippen LogP contribution in [0.1, 0.15) is 77.7 Å². The number of ketones is 2. The first kappa shape index (κ1) is 92.3. The molecule has 2 aliphatic rings. The van der Waals surface area contributed by atoms with E-state index in [1.165, 1.54) is 46.9 Å². The second-order valence-corrected chi connectivity index (χ2v) is 32.7. The van der Waals surface area contributed by atoms with Gasteiger partial charge in [0.05, 0.1) is 138 Å². The maximum atomic E-state index is 13.1. The van der Waals surface area contributed by atoms with Crippen molar-refractivity contribution in [3.63, 3.8) is 0 Å². The summed E-state index contributed by atoms with van der Waals surface area (Å²) in [6.45, 7) is 29.1. The summed E-state index contributed by atoms with van der Waals surface area (Å²) in [5, 5.41) is 25.1. The lowest BCUT2D eigenvalue weighted by atomic mass is 10.0. The summed E-state index contributed by atoms with van der Waals surface area (Å²) in [5.74, 6) is 4.24. The number of rotatable bonds is 42. The molecule has 0 atom stereocenters. The molecule has 0 bridgehead atoms. The van der Waals surface area contributed by atoms with Crippen molar-refractivity contribution in [2.45, 2.75) is 77.5 Å². The van der Waals surface area contributed by atoms with Crippen LogP contribution >= 0.6 is 56.6 Å². The normalized spacial score (nSPS) is 13.4. The van der Waals surface area contributed by atoms with Crippen molar-refractivity contribution in [2.75, 3.05) is 198 Å². The van der Waals surface area contributed by atoms with Gasteiger partial charge in [-0.3, -0.25) is 23.6 Å². The van der Waals surface area contributed by atoms with Gasteiger partial charge < -0.3 is 63.8 Å². The van der Waals surface area contributed by atoms with E-state index >= 15 is 0 Å². The molecule has 10 rings (SSSR count). The number of Topliss-reactive ketones (excluding diaryl/α,β-unsaturated/α-hetero) is 2. The van der Waals surface area contributed by atoms with Gasteiger partial charge in [-0.15, -0.1) is 0 Å². The van der Waals surface area contributed by atoms with Crippen molar-refractivity contribution in [3.8, 4) is 0 Å². The molecule has 2 aliphatic heterocycles. The van der Waals surface area contributed by atoms with Crippen molar-refractivity contribution in [1.82, 2.24) is 39.7 Å². The van der Waals surface area contributed by atoms with Crippen LogP contribution in [0.25, 0.3) is 0 Å². The third kappa shape index (κ3) is 33.5. The predicted octanol–water partition coefficient (Wildman–Crippen LogP) is 11.1. The Morgan fingerprint density at radius 2 is 0.839 bits per heavy atom. The molecular weight excluding hydrogens is 1580 g/mol. The van der Waals surface area contributed by atoms with E-state index in [1.54, 1.807) is 36.7 Å². The van der Waals surface area contributed by atoms with E-state index in [0.29, 0.717) is 146 Å². The third-order valence-electron chi connectivity index (χ3n) is 16.9. The van der Waals surface area contributed by atoms with E-state index < -0.39 is 19.2 Å². The van der Waals surface area contributed by atoms with Gasteiger partial charge in [-0.1, -0.05) is 112 Å². The summed E-state index contributed by atoms with van der Waals surface area (Å²) in [6.07, 6.45) is 4.56. The predicted molar refractivity (Wildman–Crippen MR) is 439 cm³/mol. The summed E-state index contributed by atoms with van der Waals surface area (Å²) in [6, 6.07) is 28.1. The molecule has 6 heterocycles. The van der Waals surface area contributed by atoms with Crippen LogP contribution < -0.4 is 20.4 Å². The van der Waals surface area contributed by atoms with Crippen LogP contribution in [0.5, 0.6) is 0 Å². The van der Waals surface area contributed by atoms with Crippen LogP contribution in [0.15, 0.2) is 119 Å². The lowest BCUT2D eigenvalue weighted by molar-refractivity contribution is -0.0134. The zero-order valence-electron chi connectivity index (χ0n) is 64.5. The minimum atomic E-state index is -3.64. The van der Waals surface area contributed by atoms with Gasteiger partial charge in [0.2, 0.25) is 0 Å². The average molecular weight is 1690 g/mol. The summed E-state index contributed by atoms with van der Waals surface area (Å²) >= 11 is 15.3. The standard InChI is InChI=1S/C54H68Cl2N12O7S2.C12H18O4S.C7H7ClO2S.C4H10O3/c1-37-7-5-9-43(55)41(37)31-45(69)47-35-57-53(76-47)63-49-33-51(61-39(3)59-49)67-15-11-65(12-16-67)19-21-71-23-25-73-27-29-75-30-28-74-26-24-72-22-20-66-13-17-68(18-14-66)52-34-50(60-40(4)62-52)64-54-58-36-48(77-54)46(70)32-42-38(2)8-6-10-44(42)56;1-3-8-15-9-10-16-17(13,14)12-6-4-11(2)5-7-12;1-6-2-4-7(5-3-6)11(8,9)10;5-1-3-7-4-2-6/h5-10,33-36H,11-32H2,1-4H3,(H,57,59,61,63)(H,58,60,62,64);4-7H,3,8-10H2,1-2H3;2-5H,1H3;5-6H,1-4H2. The molecule has 0 unspecified atom stereocenters. The number of nitrogens with zero attached hydrogens (tertiary/aromatic N) is 10. The Bertz CT molecular complexity index is 4140. The molecule has 4 aromatic carbocycles. The van der Waals surface area contributed by atoms with E-state index in [4.69, 9.17) is 86.7 Å². The maximum Gasteiger partial charge on any atom is 0.297 e. The van der Waals surface area contributed by atoms with E-state index in [2.05, 4.69) is 54.9 Å². The monoisotopic (exact) mass is 1680 g/mol. The first-order valence-electron chi connectivity index (χ1n) is 36.8. The van der Waals surface area contributed by atoms with E-state index in [-0.39, 0.29) is 54.0 Å². The van der Waals surface area contributed by atoms with Gasteiger partial charge in [-0.05, 0) is 107 Å². The van der Waals surface area contributed by atoms with Crippen molar-refractivity contribution >= 4 is 121 Å². The fourth-order valence-electron chi connectivity index (χ4n) is 10.9. The number of carbonyl (C=O) groups is 2. The SMILES string of the molecule is CCCOCCOS(=O)(=O)c1ccc(C)cc1.Cc1ccc(S(=O)(=O)Cl)cc1.Cc1nc(Nc2ncc(C(=O)Cc3c(C)cccc3Cl)s2)cc(N2CCN(CCOCCOCCOCCOCCOCCN3CCN(c4cc(Nc5ncc(C(=O)Cc6c(C)cccc6Cl)s5)nc(C)n4)CC3)CC2)n1.OCCOCCO. The number of aliphatic hydroxyl groups is 2. The average Bonchev–Trinajstić information content (AvgIpc) is 1.30. The molecule has 0 spiro atoms. The number of thiazole rings is 2. The van der Waals surface area contributed by atoms with Gasteiger partial charge in [0.25, 0.3) is 19.2 Å². The number of aliphatic hydroxyl groups excluding tert-OH is 2. The minimum absolute atomic E-state index is 0.0265. The highest BCUT2D eigenvalue weighted by atomic mass is 35.7. The van der Waals surface area contributed by atoms with Crippen molar-refractivity contribution in [1.29, 1.82) is 0 Å². The molecule has 0 aliphatic carbocycles. The van der Waals surface area contributed by atoms with Crippen LogP contribution in [0.3, 0.4) is 0 Å². The molecule has 28 nitrogen and oxygen atoms in total. The highest BCUT2D eigenvalue weighted by Crippen LogP contribution is 2.30. The van der Waals surface area contributed by atoms with Crippen molar-refractivity contribution in [3.05, 3.63) is 174 Å². The number of hydrogen-bond acceptors (Lipinski definition) is 30. The summed E-state index contributed by atoms with van der Waals surface area (Å²) in [5.41, 5.74) is 5.68. The van der Waals surface area contributed by atoms with Gasteiger partial charge in [0.1, 0.15) is 34.9 Å². The largest absolute Gasteiger partial charge is 0.394 e. The Labute approximate surface area is 680 Å². The van der Waals surface area contributed by atoms with Gasteiger partial charge in [0, 0.05) is 118 Å². The summed E-state index contributed by atoms with van der Waals surface area (Å²) in [4.78, 5) is 64.3. The topological polar surface area (TPSA) is 331 Å². The van der Waals surface area contributed by atoms with Crippen LogP contribution in [-0.4, -0.2) is 256 Å². The first-order valence-corrected chi connectivity index (χ1v) is 42.9. The number of ether oxygens (including phenoxy) is 7. The minimum Gasteiger partial charge on any atom is -0.394 e. The van der Waals surface area contributed by atoms with Crippen LogP contribution in [-0.2, 0) is 69.4 Å². The van der Waals surface area contributed by atoms with Crippen LogP contribution in [0.4, 0.5) is 33.5 Å². The van der Waals surface area contributed by atoms with Crippen LogP contribution in [0.2, 0.25) is 10.0 Å². The number of piperazine rings is 2. The van der Waals surface area contributed by atoms with E-state index in [0.717, 1.165) is 117 Å². The molecule has 35 heteroatoms. The van der Waals surface area contributed by atoms with Gasteiger partial charge in [-0.2, -0.15) is 8.42 Å². The molecule has 0 radical (unpaired) electrons. The van der Waals surface area contributed by atoms with Crippen molar-refractivity contribution in [2.24, 2.45) is 0 Å². The smallest absolute Gasteiger partial charge is 0.297 e. The zero-order chi connectivity index (χ0) is 80.7. The molecule has 4 aromatic heterocycles. The number of aromatic nitrogens is 6. The second kappa shape index (κ2) is 49.8. The summed E-state index contributed by atoms with van der Waals surface area (Å²) < 4.78 is 88.2. The molecule has 0 amide bonds. The Hall–Kier alpha value is -6.87. The highest BCUT2D eigenvalue weighted by molar-refractivity contribution is 8.13. The molecule has 2 fully saturated rings. The number of halogens is 3. The molecular formula is C77H103Cl3N12O16S4. The Balaban J connectivity index is 0.000000405. The molecule has 4 N–H and O–H groups in total. The quantitative estimate of drug-likeness (QED) is 0.0119. The number of carbonyl (C=O) groups excluding carboxylic acids is 2. The van der Waals surface area contributed by atoms with Gasteiger partial charge in [0.15, 0.2) is 21.8 Å². The Morgan fingerprint density at radius 3 is 1.21 bits per heavy atom. The lowest BCUT2D eigenvalue weighted by Crippen LogP contribution is -2.47. The Kier molecular flexibility index (Phi) is 41.0. The third-order valence-corrected chi connectivity index (χ3v) is 22.3. The van der Waals surface area contributed by atoms with Gasteiger partial charge >= 0.3 is 0 Å². The summed E-state index contributed by atoms with van der Waals surface area (Å²) in [7, 11) is -2.11. The molecule has 8 aromatic rings. The highest BCUT2D eigenvalue weighted by Gasteiger charge is 2.24. The lowest BCUT2D eigenvalue weighted by Gasteiger charge is -2.35. The van der Waals surface area contributed by atoms with Gasteiger partial charge in [-0.25, -0.2) is 38.3 Å². The zero-order valence-corrected chi connectivity index (χ0v) is 70.0. The molecule has 0 saturated carbocycles. The van der Waals surface area contributed by atoms with E-state index in [1.807, 2.05) is 97.0 Å². The number of anilines is 6. The number of aryl methyl sites for hydroxylation is 6. The molecule has 112 heavy (non-hydrogen) atoms. The molecule has 612 valence electrons. The Morgan fingerprint density at radius 1 is 0.473 bits per heavy atom. The van der Waals surface area contributed by atoms with E-state index in [9.17, 15) is 26.4 Å². The fourth-order valence-corrected chi connectivity index (χ4v) is 14.7. The van der Waals surface area contributed by atoms with Crippen molar-refractivity contribution < 1.29 is 74.0 Å². The second-order valence-electron chi connectivity index (χ2n) is 25.6. The first-order chi connectivity index (χ1) is 53.9. The molecule has 2 saturated heterocycles. The number of benzene rings is 4. The number of hydrogen-bond donors (Lipinski definition) is 4.